The van der Waals surface area contributed by atoms with Crippen molar-refractivity contribution in [3.63, 3.8) is 0 Å². The SMILES string of the molecule is Cc1nn2c(C3CCCN(C(=O)O)C3)ccnc2c1-c1ccnc(CO[Si](C)(C)C(C)(C)C)c1. The summed E-state index contributed by atoms with van der Waals surface area (Å²) in [6.45, 7) is 14.7. The van der Waals surface area contributed by atoms with Crippen LogP contribution in [0.25, 0.3) is 16.8 Å². The molecule has 182 valence electrons. The number of likely N-dealkylation sites (tertiary alicyclic amines) is 1. The fourth-order valence-electron chi connectivity index (χ4n) is 4.29. The van der Waals surface area contributed by atoms with Gasteiger partial charge in [-0.25, -0.2) is 14.3 Å². The Morgan fingerprint density at radius 2 is 1.97 bits per heavy atom. The standard InChI is InChI=1S/C25H35N5O3Si/c1-17-22(18-9-11-26-20(14-18)16-33-34(5,6)25(2,3)4)23-27-12-10-21(30(23)28-17)19-8-7-13-29(15-19)24(31)32/h9-12,14,19H,7-8,13,15-16H2,1-6H3,(H,31,32). The second-order valence-corrected chi connectivity index (χ2v) is 15.5. The Hall–Kier alpha value is -2.78. The van der Waals surface area contributed by atoms with Crippen LogP contribution in [0.2, 0.25) is 18.1 Å². The number of nitrogens with zero attached hydrogens (tertiary/aromatic N) is 5. The summed E-state index contributed by atoms with van der Waals surface area (Å²) in [7, 11) is -1.88. The van der Waals surface area contributed by atoms with Crippen LogP contribution in [0.15, 0.2) is 30.6 Å². The van der Waals surface area contributed by atoms with Crippen molar-refractivity contribution >= 4 is 20.1 Å². The molecule has 1 amide bonds. The summed E-state index contributed by atoms with van der Waals surface area (Å²) in [5.74, 6) is 0.0912. The first-order chi connectivity index (χ1) is 16.0. The van der Waals surface area contributed by atoms with Gasteiger partial charge >= 0.3 is 6.09 Å². The number of carboxylic acid groups (broad SMARTS) is 1. The summed E-state index contributed by atoms with van der Waals surface area (Å²) in [4.78, 5) is 22.2. The zero-order valence-electron chi connectivity index (χ0n) is 21.0. The number of hydrogen-bond donors (Lipinski definition) is 1. The van der Waals surface area contributed by atoms with E-state index in [1.807, 2.05) is 29.8 Å². The van der Waals surface area contributed by atoms with E-state index in [9.17, 15) is 9.90 Å². The van der Waals surface area contributed by atoms with E-state index in [4.69, 9.17) is 9.52 Å². The quantitative estimate of drug-likeness (QED) is 0.485. The lowest BCUT2D eigenvalue weighted by Crippen LogP contribution is -2.40. The zero-order valence-corrected chi connectivity index (χ0v) is 22.0. The minimum atomic E-state index is -1.88. The van der Waals surface area contributed by atoms with Gasteiger partial charge in [0.1, 0.15) is 0 Å². The fraction of sp³-hybridized carbons (Fsp3) is 0.520. The second-order valence-electron chi connectivity index (χ2n) is 10.7. The maximum Gasteiger partial charge on any atom is 0.407 e. The molecule has 1 aliphatic heterocycles. The van der Waals surface area contributed by atoms with Crippen LogP contribution in [0.4, 0.5) is 4.79 Å². The number of carbonyl (C=O) groups is 1. The Balaban J connectivity index is 1.66. The van der Waals surface area contributed by atoms with E-state index in [0.717, 1.165) is 46.7 Å². The van der Waals surface area contributed by atoms with Crippen LogP contribution in [-0.4, -0.2) is 57.1 Å². The van der Waals surface area contributed by atoms with Gasteiger partial charge < -0.3 is 14.4 Å². The van der Waals surface area contributed by atoms with Gasteiger partial charge in [0.2, 0.25) is 0 Å². The minimum absolute atomic E-state index is 0.0912. The highest BCUT2D eigenvalue weighted by Gasteiger charge is 2.37. The molecule has 1 unspecified atom stereocenters. The molecular formula is C25H35N5O3Si. The van der Waals surface area contributed by atoms with E-state index < -0.39 is 14.4 Å². The largest absolute Gasteiger partial charge is 0.465 e. The van der Waals surface area contributed by atoms with Gasteiger partial charge in [-0.05, 0) is 61.7 Å². The highest BCUT2D eigenvalue weighted by Crippen LogP contribution is 2.37. The summed E-state index contributed by atoms with van der Waals surface area (Å²) in [5.41, 5.74) is 5.54. The van der Waals surface area contributed by atoms with Crippen molar-refractivity contribution < 1.29 is 14.3 Å². The smallest absolute Gasteiger partial charge is 0.407 e. The zero-order chi connectivity index (χ0) is 24.7. The molecule has 4 rings (SSSR count). The predicted octanol–water partition coefficient (Wildman–Crippen LogP) is 5.48. The molecule has 3 aromatic rings. The van der Waals surface area contributed by atoms with Crippen LogP contribution >= 0.6 is 0 Å². The molecule has 8 nitrogen and oxygen atoms in total. The van der Waals surface area contributed by atoms with Crippen LogP contribution in [0, 0.1) is 6.92 Å². The average molecular weight is 482 g/mol. The molecule has 1 saturated heterocycles. The number of amides is 1. The van der Waals surface area contributed by atoms with Crippen molar-refractivity contribution in [3.8, 4) is 11.1 Å². The maximum absolute atomic E-state index is 11.5. The lowest BCUT2D eigenvalue weighted by molar-refractivity contribution is 0.130. The van der Waals surface area contributed by atoms with E-state index in [1.165, 1.54) is 4.90 Å². The van der Waals surface area contributed by atoms with Gasteiger partial charge in [0.25, 0.3) is 0 Å². The summed E-state index contributed by atoms with van der Waals surface area (Å²) >= 11 is 0. The second kappa shape index (κ2) is 9.11. The molecule has 0 radical (unpaired) electrons. The molecule has 1 aliphatic rings. The third-order valence-corrected chi connectivity index (χ3v) is 11.8. The first-order valence-electron chi connectivity index (χ1n) is 11.9. The summed E-state index contributed by atoms with van der Waals surface area (Å²) in [5, 5.41) is 14.4. The fourth-order valence-corrected chi connectivity index (χ4v) is 5.23. The summed E-state index contributed by atoms with van der Waals surface area (Å²) < 4.78 is 8.28. The third-order valence-electron chi connectivity index (χ3n) is 7.33. The Morgan fingerprint density at radius 3 is 2.68 bits per heavy atom. The number of piperidine rings is 1. The van der Waals surface area contributed by atoms with E-state index in [0.29, 0.717) is 19.7 Å². The van der Waals surface area contributed by atoms with Gasteiger partial charge in [-0.15, -0.1) is 0 Å². The predicted molar refractivity (Wildman–Crippen MR) is 135 cm³/mol. The molecule has 3 aromatic heterocycles. The molecule has 0 aliphatic carbocycles. The Kier molecular flexibility index (Phi) is 6.52. The molecule has 0 saturated carbocycles. The molecule has 4 heterocycles. The van der Waals surface area contributed by atoms with Crippen molar-refractivity contribution in [3.05, 3.63) is 47.7 Å². The molecule has 9 heteroatoms. The van der Waals surface area contributed by atoms with Gasteiger partial charge in [0.15, 0.2) is 14.0 Å². The van der Waals surface area contributed by atoms with E-state index in [1.54, 1.807) is 6.20 Å². The van der Waals surface area contributed by atoms with E-state index in [2.05, 4.69) is 49.9 Å². The molecule has 1 fully saturated rings. The highest BCUT2D eigenvalue weighted by molar-refractivity contribution is 6.74. The van der Waals surface area contributed by atoms with Gasteiger partial charge in [-0.3, -0.25) is 4.98 Å². The lowest BCUT2D eigenvalue weighted by atomic mass is 9.94. The highest BCUT2D eigenvalue weighted by atomic mass is 28.4. The van der Waals surface area contributed by atoms with Crippen LogP contribution in [0.5, 0.6) is 0 Å². The first kappa shape index (κ1) is 24.3. The molecular weight excluding hydrogens is 446 g/mol. The van der Waals surface area contributed by atoms with E-state index in [-0.39, 0.29) is 11.0 Å². The van der Waals surface area contributed by atoms with Crippen molar-refractivity contribution in [1.82, 2.24) is 24.5 Å². The number of rotatable bonds is 5. The number of fused-ring (bicyclic) bond motifs is 1. The average Bonchev–Trinajstić information content (AvgIpc) is 3.13. The Morgan fingerprint density at radius 1 is 1.24 bits per heavy atom. The van der Waals surface area contributed by atoms with Crippen molar-refractivity contribution in [1.29, 1.82) is 0 Å². The van der Waals surface area contributed by atoms with Crippen LogP contribution in [0.1, 0.15) is 56.6 Å². The molecule has 0 bridgehead atoms. The van der Waals surface area contributed by atoms with Crippen LogP contribution in [-0.2, 0) is 11.0 Å². The third kappa shape index (κ3) is 4.72. The van der Waals surface area contributed by atoms with E-state index >= 15 is 0 Å². The van der Waals surface area contributed by atoms with Gasteiger partial charge in [-0.1, -0.05) is 20.8 Å². The normalized spacial score (nSPS) is 17.4. The van der Waals surface area contributed by atoms with Gasteiger partial charge in [-0.2, -0.15) is 5.10 Å². The van der Waals surface area contributed by atoms with Crippen molar-refractivity contribution in [2.45, 2.75) is 71.2 Å². The van der Waals surface area contributed by atoms with Crippen molar-refractivity contribution in [2.75, 3.05) is 13.1 Å². The lowest BCUT2D eigenvalue weighted by Gasteiger charge is -2.36. The minimum Gasteiger partial charge on any atom is -0.465 e. The topological polar surface area (TPSA) is 92.9 Å². The molecule has 34 heavy (non-hydrogen) atoms. The molecule has 0 aromatic carbocycles. The Labute approximate surface area is 202 Å². The molecule has 1 N–H and O–H groups in total. The molecule has 1 atom stereocenters. The van der Waals surface area contributed by atoms with Gasteiger partial charge in [0.05, 0.1) is 23.7 Å². The van der Waals surface area contributed by atoms with Gasteiger partial charge in [0, 0.05) is 37.0 Å². The number of pyridine rings is 1. The maximum atomic E-state index is 11.5. The Bertz CT molecular complexity index is 1200. The van der Waals surface area contributed by atoms with Crippen LogP contribution in [0.3, 0.4) is 0 Å². The van der Waals surface area contributed by atoms with Crippen LogP contribution < -0.4 is 0 Å². The number of hydrogen-bond acceptors (Lipinski definition) is 5. The van der Waals surface area contributed by atoms with Crippen molar-refractivity contribution in [2.24, 2.45) is 0 Å². The summed E-state index contributed by atoms with van der Waals surface area (Å²) in [6.07, 6.45) is 4.53. The number of aromatic nitrogens is 4. The molecule has 0 spiro atoms. The summed E-state index contributed by atoms with van der Waals surface area (Å²) in [6, 6.07) is 6.02. The number of aryl methyl sites for hydroxylation is 1. The first-order valence-corrected chi connectivity index (χ1v) is 14.8. The monoisotopic (exact) mass is 481 g/mol.